The molecule has 0 bridgehead atoms. The van der Waals surface area contributed by atoms with Crippen molar-refractivity contribution in [1.82, 2.24) is 15.0 Å². The van der Waals surface area contributed by atoms with Crippen molar-refractivity contribution in [2.45, 2.75) is 53.4 Å². The maximum Gasteiger partial charge on any atom is 0.164 e. The van der Waals surface area contributed by atoms with Crippen LogP contribution in [0.2, 0.25) is 0 Å². The predicted molar refractivity (Wildman–Crippen MR) is 239 cm³/mol. The summed E-state index contributed by atoms with van der Waals surface area (Å²) in [6.45, 7) is 8.86. The van der Waals surface area contributed by atoms with E-state index in [2.05, 4.69) is 171 Å². The molecule has 58 heavy (non-hydrogen) atoms. The van der Waals surface area contributed by atoms with E-state index in [1.54, 1.807) is 0 Å². The molecule has 0 fully saturated rings. The Balaban J connectivity index is 1.11. The van der Waals surface area contributed by atoms with Gasteiger partial charge in [-0.2, -0.15) is 0 Å². The fourth-order valence-corrected chi connectivity index (χ4v) is 9.27. The zero-order valence-corrected chi connectivity index (χ0v) is 33.5. The first-order valence-corrected chi connectivity index (χ1v) is 20.4. The lowest BCUT2D eigenvalue weighted by atomic mass is 9.99. The van der Waals surface area contributed by atoms with Crippen molar-refractivity contribution < 1.29 is 0 Å². The minimum atomic E-state index is 0.658. The first-order chi connectivity index (χ1) is 28.4. The summed E-state index contributed by atoms with van der Waals surface area (Å²) in [5.41, 5.74) is 20.3. The average molecular weight is 752 g/mol. The Morgan fingerprint density at radius 1 is 0.328 bits per heavy atom. The molecule has 2 aliphatic rings. The Hall–Kier alpha value is -6.85. The number of rotatable bonds is 5. The van der Waals surface area contributed by atoms with Crippen molar-refractivity contribution >= 4 is 34.1 Å². The molecule has 10 rings (SSSR count). The van der Waals surface area contributed by atoms with Crippen LogP contribution in [0.15, 0.2) is 152 Å². The molecule has 0 N–H and O–H groups in total. The molecule has 0 saturated heterocycles. The molecule has 0 unspecified atom stereocenters. The van der Waals surface area contributed by atoms with Crippen molar-refractivity contribution in [3.8, 4) is 34.2 Å². The third-order valence-electron chi connectivity index (χ3n) is 11.9. The van der Waals surface area contributed by atoms with Gasteiger partial charge in [0.15, 0.2) is 17.5 Å². The highest BCUT2D eigenvalue weighted by molar-refractivity contribution is 5.87. The summed E-state index contributed by atoms with van der Waals surface area (Å²) < 4.78 is 0. The molecule has 282 valence electrons. The smallest absolute Gasteiger partial charge is 0.164 e. The van der Waals surface area contributed by atoms with Gasteiger partial charge in [-0.25, -0.2) is 15.0 Å². The third kappa shape index (κ3) is 6.24. The van der Waals surface area contributed by atoms with Crippen molar-refractivity contribution in [2.24, 2.45) is 0 Å². The van der Waals surface area contributed by atoms with Gasteiger partial charge in [-0.1, -0.05) is 103 Å². The Bertz CT molecular complexity index is 2550. The van der Waals surface area contributed by atoms with E-state index in [1.807, 2.05) is 18.2 Å². The van der Waals surface area contributed by atoms with Crippen LogP contribution >= 0.6 is 0 Å². The highest BCUT2D eigenvalue weighted by Crippen LogP contribution is 2.47. The van der Waals surface area contributed by atoms with Gasteiger partial charge in [-0.15, -0.1) is 0 Å². The molecule has 7 aromatic carbocycles. The maximum atomic E-state index is 5.27. The van der Waals surface area contributed by atoms with E-state index in [4.69, 9.17) is 15.0 Å². The number of hydrogen-bond acceptors (Lipinski definition) is 5. The molecule has 0 aliphatic carbocycles. The standard InChI is InChI=1S/C53H45N5/c1-34-30-43(31-35(2)49(34)57-45-22-12-8-16-38(45)26-27-39-17-9-13-23-46(39)57)52-54-51(42-20-6-5-7-21-42)55-53(56-52)44-32-36(3)50(37(4)33-44)58-47-24-14-10-18-40(47)28-29-41-19-11-15-25-48(41)58/h5-25,30-33H,26-29H2,1-4H3. The van der Waals surface area contributed by atoms with E-state index >= 15 is 0 Å². The fourth-order valence-electron chi connectivity index (χ4n) is 9.27. The number of fused-ring (bicyclic) bond motifs is 4. The van der Waals surface area contributed by atoms with Crippen LogP contribution < -0.4 is 9.80 Å². The van der Waals surface area contributed by atoms with Gasteiger partial charge in [-0.3, -0.25) is 0 Å². The van der Waals surface area contributed by atoms with E-state index in [-0.39, 0.29) is 0 Å². The van der Waals surface area contributed by atoms with Gasteiger partial charge >= 0.3 is 0 Å². The second kappa shape index (κ2) is 14.6. The molecule has 0 amide bonds. The van der Waals surface area contributed by atoms with Crippen molar-refractivity contribution in [3.63, 3.8) is 0 Å². The Kier molecular flexibility index (Phi) is 8.94. The Labute approximate surface area is 341 Å². The van der Waals surface area contributed by atoms with Crippen molar-refractivity contribution in [1.29, 1.82) is 0 Å². The van der Waals surface area contributed by atoms with Crippen LogP contribution in [0.5, 0.6) is 0 Å². The molecule has 5 nitrogen and oxygen atoms in total. The quantitative estimate of drug-likeness (QED) is 0.175. The van der Waals surface area contributed by atoms with Gasteiger partial charge < -0.3 is 9.80 Å². The van der Waals surface area contributed by atoms with Gasteiger partial charge in [-0.05, 0) is 146 Å². The summed E-state index contributed by atoms with van der Waals surface area (Å²) in [5.74, 6) is 1.98. The molecule has 8 aromatic rings. The topological polar surface area (TPSA) is 45.2 Å². The molecular weight excluding hydrogens is 707 g/mol. The number of hydrogen-bond donors (Lipinski definition) is 0. The van der Waals surface area contributed by atoms with Crippen LogP contribution in [0.25, 0.3) is 34.2 Å². The van der Waals surface area contributed by atoms with Crippen LogP contribution in [-0.4, -0.2) is 15.0 Å². The summed E-state index contributed by atoms with van der Waals surface area (Å²) in [6, 6.07) is 54.6. The molecule has 0 saturated carbocycles. The highest BCUT2D eigenvalue weighted by Gasteiger charge is 2.27. The monoisotopic (exact) mass is 751 g/mol. The maximum absolute atomic E-state index is 5.27. The molecule has 2 aliphatic heterocycles. The third-order valence-corrected chi connectivity index (χ3v) is 11.9. The van der Waals surface area contributed by atoms with E-state index in [1.165, 1.54) is 78.6 Å². The second-order valence-electron chi connectivity index (χ2n) is 15.8. The van der Waals surface area contributed by atoms with Gasteiger partial charge in [0, 0.05) is 39.4 Å². The summed E-state index contributed by atoms with van der Waals surface area (Å²) in [6.07, 6.45) is 4.03. The fraction of sp³-hybridized carbons (Fsp3) is 0.151. The normalized spacial score (nSPS) is 13.2. The molecule has 0 spiro atoms. The van der Waals surface area contributed by atoms with Gasteiger partial charge in [0.1, 0.15) is 0 Å². The summed E-state index contributed by atoms with van der Waals surface area (Å²) in [5, 5.41) is 0. The van der Waals surface area contributed by atoms with E-state index in [9.17, 15) is 0 Å². The van der Waals surface area contributed by atoms with E-state index in [0.29, 0.717) is 17.5 Å². The largest absolute Gasteiger partial charge is 0.309 e. The highest BCUT2D eigenvalue weighted by atomic mass is 15.2. The first-order valence-electron chi connectivity index (χ1n) is 20.4. The van der Waals surface area contributed by atoms with E-state index < -0.39 is 0 Å². The molecule has 0 atom stereocenters. The number of para-hydroxylation sites is 4. The molecule has 3 heterocycles. The van der Waals surface area contributed by atoms with Crippen molar-refractivity contribution in [2.75, 3.05) is 9.80 Å². The molecule has 5 heteroatoms. The van der Waals surface area contributed by atoms with Crippen LogP contribution in [0, 0.1) is 27.7 Å². The lowest BCUT2D eigenvalue weighted by Crippen LogP contribution is -2.15. The zero-order chi connectivity index (χ0) is 39.3. The lowest BCUT2D eigenvalue weighted by molar-refractivity contribution is 0.977. The Morgan fingerprint density at radius 3 is 0.931 bits per heavy atom. The minimum Gasteiger partial charge on any atom is -0.309 e. The van der Waals surface area contributed by atoms with Crippen LogP contribution in [0.4, 0.5) is 34.1 Å². The average Bonchev–Trinajstić information content (AvgIpc) is 3.52. The van der Waals surface area contributed by atoms with Crippen LogP contribution in [0.3, 0.4) is 0 Å². The van der Waals surface area contributed by atoms with E-state index in [0.717, 1.165) is 42.4 Å². The summed E-state index contributed by atoms with van der Waals surface area (Å²) >= 11 is 0. The van der Waals surface area contributed by atoms with Crippen LogP contribution in [0.1, 0.15) is 44.5 Å². The Morgan fingerprint density at radius 2 is 0.603 bits per heavy atom. The number of nitrogens with zero attached hydrogens (tertiary/aromatic N) is 5. The van der Waals surface area contributed by atoms with Gasteiger partial charge in [0.2, 0.25) is 0 Å². The molecule has 0 radical (unpaired) electrons. The SMILES string of the molecule is Cc1cc(-c2nc(-c3ccccc3)nc(-c3cc(C)c(N4c5ccccc5CCc5ccccc54)c(C)c3)n2)cc(C)c1N1c2ccccc2CCc2ccccc21. The molecular formula is C53H45N5. The number of anilines is 6. The van der Waals surface area contributed by atoms with Crippen molar-refractivity contribution in [3.05, 3.63) is 196 Å². The minimum absolute atomic E-state index is 0.658. The number of aryl methyl sites for hydroxylation is 8. The molecule has 1 aromatic heterocycles. The van der Waals surface area contributed by atoms with Gasteiger partial charge in [0.25, 0.3) is 0 Å². The summed E-state index contributed by atoms with van der Waals surface area (Å²) in [7, 11) is 0. The first kappa shape index (κ1) is 35.6. The number of aromatic nitrogens is 3. The number of benzene rings is 7. The summed E-state index contributed by atoms with van der Waals surface area (Å²) in [4.78, 5) is 20.5. The van der Waals surface area contributed by atoms with Crippen LogP contribution in [-0.2, 0) is 25.7 Å². The second-order valence-corrected chi connectivity index (χ2v) is 15.8. The predicted octanol–water partition coefficient (Wildman–Crippen LogP) is 13.2. The van der Waals surface area contributed by atoms with Gasteiger partial charge in [0.05, 0.1) is 11.4 Å². The lowest BCUT2D eigenvalue weighted by Gasteiger charge is -2.30. The zero-order valence-electron chi connectivity index (χ0n) is 33.5.